The fourth-order valence-corrected chi connectivity index (χ4v) is 10.8. The maximum Gasteiger partial charge on any atom is 0.311 e. The van der Waals surface area contributed by atoms with E-state index in [4.69, 9.17) is 33.2 Å². The zero-order chi connectivity index (χ0) is 47.6. The van der Waals surface area contributed by atoms with Gasteiger partial charge in [-0.2, -0.15) is 0 Å². The number of nitrogens with zero attached hydrogens (tertiary/aromatic N) is 2. The third-order valence-electron chi connectivity index (χ3n) is 14.0. The second-order valence-corrected chi connectivity index (χ2v) is 21.9. The topological polar surface area (TPSA) is 203 Å². The van der Waals surface area contributed by atoms with Gasteiger partial charge in [0.15, 0.2) is 28.5 Å². The molecule has 0 amide bonds. The number of hydrogen-bond donors (Lipinski definition) is 4. The second kappa shape index (κ2) is 21.3. The van der Waals surface area contributed by atoms with Crippen LogP contribution in [-0.4, -0.2) is 175 Å². The molecule has 3 fully saturated rings. The summed E-state index contributed by atoms with van der Waals surface area (Å²) in [5.74, 6) is -2.59. The Balaban J connectivity index is 1.89. The summed E-state index contributed by atoms with van der Waals surface area (Å²) in [4.78, 5) is 18.5. The lowest BCUT2D eigenvalue weighted by Gasteiger charge is -2.49. The Labute approximate surface area is 376 Å². The molecule has 3 saturated heterocycles. The summed E-state index contributed by atoms with van der Waals surface area (Å²) < 4.78 is 71.2. The standard InChI is InChI=1S/C46H80N2O14S/c1-16-35-46(11,53)39(49)30(7)48(14)25-26(3)23-44(9,52)41(28(5)37(29(6)42(51)60-35)61-36-24-45(10,56-15)40(50)31(8)58-36)62-43-38(34(47(12)13)21-27(4)57-43)59-32-19-18-20-33(22-32)63(54,55)17-2/h18-20,22,26-31,34-41,43,49-50,52-53H,16-17,21,23-25H2,1-15H3/t26-,27-,28+,29-,30-,31+,34+,35-,36+,37+,38-,39-,40+,41-,43+,44-,45-,46-/m1/s1. The minimum Gasteiger partial charge on any atom is -0.483 e. The van der Waals surface area contributed by atoms with Crippen LogP contribution in [0.4, 0.5) is 0 Å². The predicted molar refractivity (Wildman–Crippen MR) is 237 cm³/mol. The summed E-state index contributed by atoms with van der Waals surface area (Å²) in [5, 5.41) is 47.5. The number of carbonyl (C=O) groups excluding carboxylic acids is 1. The van der Waals surface area contributed by atoms with Crippen molar-refractivity contribution in [1.82, 2.24) is 9.80 Å². The van der Waals surface area contributed by atoms with Gasteiger partial charge in [0.2, 0.25) is 0 Å². The summed E-state index contributed by atoms with van der Waals surface area (Å²) >= 11 is 0. The molecule has 0 saturated carbocycles. The van der Waals surface area contributed by atoms with Crippen molar-refractivity contribution in [3.8, 4) is 5.75 Å². The van der Waals surface area contributed by atoms with Gasteiger partial charge in [0.25, 0.3) is 0 Å². The van der Waals surface area contributed by atoms with Crippen molar-refractivity contribution in [1.29, 1.82) is 0 Å². The number of hydrogen-bond acceptors (Lipinski definition) is 16. The maximum absolute atomic E-state index is 14.5. The number of ether oxygens (including phenoxy) is 7. The molecule has 0 aliphatic carbocycles. The molecule has 63 heavy (non-hydrogen) atoms. The van der Waals surface area contributed by atoms with Crippen molar-refractivity contribution in [2.24, 2.45) is 17.8 Å². The molecule has 17 heteroatoms. The Hall–Kier alpha value is -2.00. The highest BCUT2D eigenvalue weighted by molar-refractivity contribution is 7.91. The lowest BCUT2D eigenvalue weighted by atomic mass is 9.77. The van der Waals surface area contributed by atoms with Crippen LogP contribution in [0, 0.1) is 17.8 Å². The molecule has 0 radical (unpaired) electrons. The molecule has 0 aromatic heterocycles. The number of sulfone groups is 1. The first-order chi connectivity index (χ1) is 29.1. The van der Waals surface area contributed by atoms with Crippen LogP contribution in [0.5, 0.6) is 5.75 Å². The number of esters is 1. The van der Waals surface area contributed by atoms with Crippen molar-refractivity contribution in [3.05, 3.63) is 24.3 Å². The van der Waals surface area contributed by atoms with Gasteiger partial charge in [-0.3, -0.25) is 4.79 Å². The molecule has 3 aliphatic rings. The van der Waals surface area contributed by atoms with Crippen LogP contribution in [0.15, 0.2) is 29.2 Å². The van der Waals surface area contributed by atoms with E-state index < -0.39 is 106 Å². The minimum absolute atomic E-state index is 0.0847. The van der Waals surface area contributed by atoms with E-state index in [0.29, 0.717) is 18.7 Å². The van der Waals surface area contributed by atoms with Gasteiger partial charge in [0.1, 0.15) is 29.7 Å². The molecule has 3 heterocycles. The molecule has 0 unspecified atom stereocenters. The van der Waals surface area contributed by atoms with Crippen molar-refractivity contribution in [2.45, 2.75) is 197 Å². The lowest BCUT2D eigenvalue weighted by Crippen LogP contribution is -2.61. The van der Waals surface area contributed by atoms with E-state index >= 15 is 0 Å². The summed E-state index contributed by atoms with van der Waals surface area (Å²) in [6.07, 6.45) is -8.58. The summed E-state index contributed by atoms with van der Waals surface area (Å²) in [6, 6.07) is 5.47. The van der Waals surface area contributed by atoms with Gasteiger partial charge in [-0.15, -0.1) is 0 Å². The first-order valence-electron chi connectivity index (χ1n) is 22.7. The zero-order valence-corrected chi connectivity index (χ0v) is 41.2. The number of aliphatic hydroxyl groups excluding tert-OH is 2. The Morgan fingerprint density at radius 1 is 0.937 bits per heavy atom. The monoisotopic (exact) mass is 917 g/mol. The Bertz CT molecular complexity index is 1750. The van der Waals surface area contributed by atoms with Gasteiger partial charge in [-0.25, -0.2) is 8.42 Å². The average molecular weight is 917 g/mol. The van der Waals surface area contributed by atoms with Crippen LogP contribution >= 0.6 is 0 Å². The number of benzene rings is 1. The molecule has 0 spiro atoms. The summed E-state index contributed by atoms with van der Waals surface area (Å²) in [6.45, 7) is 19.6. The van der Waals surface area contributed by atoms with E-state index in [-0.39, 0.29) is 48.0 Å². The van der Waals surface area contributed by atoms with Crippen LogP contribution in [0.2, 0.25) is 0 Å². The van der Waals surface area contributed by atoms with E-state index in [1.165, 1.54) is 26.2 Å². The third-order valence-corrected chi connectivity index (χ3v) is 15.7. The highest BCUT2D eigenvalue weighted by atomic mass is 32.2. The molecule has 4 N–H and O–H groups in total. The molecular weight excluding hydrogens is 837 g/mol. The van der Waals surface area contributed by atoms with Gasteiger partial charge < -0.3 is 63.4 Å². The van der Waals surface area contributed by atoms with Crippen LogP contribution in [0.1, 0.15) is 102 Å². The number of rotatable bonds is 11. The predicted octanol–water partition coefficient (Wildman–Crippen LogP) is 3.78. The fourth-order valence-electron chi connectivity index (χ4n) is 9.91. The first-order valence-corrected chi connectivity index (χ1v) is 24.3. The molecule has 18 atom stereocenters. The quantitative estimate of drug-likeness (QED) is 0.234. The molecule has 1 aromatic rings. The van der Waals surface area contributed by atoms with E-state index in [9.17, 15) is 33.6 Å². The average Bonchev–Trinajstić information content (AvgIpc) is 3.21. The van der Waals surface area contributed by atoms with Crippen LogP contribution < -0.4 is 4.74 Å². The van der Waals surface area contributed by atoms with Crippen molar-refractivity contribution in [2.75, 3.05) is 40.6 Å². The summed E-state index contributed by atoms with van der Waals surface area (Å²) in [5.41, 5.74) is -4.55. The zero-order valence-electron chi connectivity index (χ0n) is 40.4. The molecule has 3 aliphatic heterocycles. The van der Waals surface area contributed by atoms with Gasteiger partial charge in [0, 0.05) is 32.0 Å². The minimum atomic E-state index is -3.56. The van der Waals surface area contributed by atoms with Gasteiger partial charge in [-0.05, 0) is 113 Å². The third kappa shape index (κ3) is 12.3. The van der Waals surface area contributed by atoms with Crippen molar-refractivity contribution >= 4 is 15.8 Å². The van der Waals surface area contributed by atoms with Crippen LogP contribution in [0.25, 0.3) is 0 Å². The normalized spacial score (nSPS) is 43.2. The number of likely N-dealkylation sites (N-methyl/N-ethyl adjacent to an activating group) is 2. The highest BCUT2D eigenvalue weighted by Crippen LogP contribution is 2.41. The van der Waals surface area contributed by atoms with Crippen molar-refractivity contribution in [3.63, 3.8) is 0 Å². The molecule has 1 aromatic carbocycles. The number of aliphatic hydroxyl groups is 4. The lowest BCUT2D eigenvalue weighted by molar-refractivity contribution is -0.316. The van der Waals surface area contributed by atoms with Gasteiger partial charge in [-0.1, -0.05) is 33.8 Å². The number of cyclic esters (lactones) is 1. The van der Waals surface area contributed by atoms with E-state index in [2.05, 4.69) is 0 Å². The van der Waals surface area contributed by atoms with E-state index in [1.807, 2.05) is 51.7 Å². The van der Waals surface area contributed by atoms with E-state index in [1.54, 1.807) is 60.6 Å². The molecule has 4 rings (SSSR count). The highest BCUT2D eigenvalue weighted by Gasteiger charge is 2.53. The Kier molecular flexibility index (Phi) is 18.1. The summed E-state index contributed by atoms with van der Waals surface area (Å²) in [7, 11) is 3.61. The maximum atomic E-state index is 14.5. The smallest absolute Gasteiger partial charge is 0.311 e. The first kappa shape index (κ1) is 53.6. The molecule has 0 bridgehead atoms. The van der Waals surface area contributed by atoms with Gasteiger partial charge >= 0.3 is 5.97 Å². The van der Waals surface area contributed by atoms with Crippen molar-refractivity contribution < 1.29 is 66.8 Å². The fraction of sp³-hybridized carbons (Fsp3) is 0.848. The Morgan fingerprint density at radius 2 is 1.59 bits per heavy atom. The number of carbonyl (C=O) groups is 1. The molecule has 364 valence electrons. The van der Waals surface area contributed by atoms with Gasteiger partial charge in [0.05, 0.1) is 58.2 Å². The Morgan fingerprint density at radius 3 is 2.17 bits per heavy atom. The number of methoxy groups -OCH3 is 1. The van der Waals surface area contributed by atoms with Crippen LogP contribution in [-0.2, 0) is 43.1 Å². The molecular formula is C46H80N2O14S. The largest absolute Gasteiger partial charge is 0.483 e. The SMILES string of the molecule is CC[C@H]1OC(=O)[C@H](C)[C@@H](O[C@H]2C[C@@](C)(OC)[C@@H](O)[C@H](C)O2)[C@H](C)[C@@H](O[C@@H]2O[C@H](C)C[C@H](N(C)C)[C@H]2Oc2cccc(S(=O)(=O)CC)c2)[C@](C)(O)C[C@@H](C)CN(C)[C@H](C)[C@@H](O)[C@]1(C)O. The van der Waals surface area contributed by atoms with E-state index in [0.717, 1.165) is 0 Å². The van der Waals surface area contributed by atoms with Crippen LogP contribution in [0.3, 0.4) is 0 Å². The second-order valence-electron chi connectivity index (χ2n) is 19.6. The molecule has 16 nitrogen and oxygen atoms in total.